The van der Waals surface area contributed by atoms with Crippen LogP contribution in [0, 0.1) is 11.7 Å². The van der Waals surface area contributed by atoms with Gasteiger partial charge < -0.3 is 9.84 Å². The molecule has 0 saturated heterocycles. The van der Waals surface area contributed by atoms with E-state index < -0.39 is 17.5 Å². The van der Waals surface area contributed by atoms with Crippen LogP contribution >= 0.6 is 0 Å². The van der Waals surface area contributed by atoms with Crippen molar-refractivity contribution in [3.8, 4) is 0 Å². The molecular formula is C15H19FO3. The van der Waals surface area contributed by atoms with Gasteiger partial charge in [0, 0.05) is 0 Å². The Bertz CT molecular complexity index is 486. The maximum absolute atomic E-state index is 13.8. The number of esters is 1. The maximum atomic E-state index is 13.8. The molecule has 1 aromatic carbocycles. The monoisotopic (exact) mass is 266 g/mol. The summed E-state index contributed by atoms with van der Waals surface area (Å²) in [5, 5.41) is 10.8. The van der Waals surface area contributed by atoms with Crippen LogP contribution in [0.4, 0.5) is 4.39 Å². The third kappa shape index (κ3) is 2.37. The van der Waals surface area contributed by atoms with Gasteiger partial charge >= 0.3 is 5.97 Å². The Hall–Kier alpha value is -1.42. The second-order valence-electron chi connectivity index (χ2n) is 5.02. The van der Waals surface area contributed by atoms with E-state index in [4.69, 9.17) is 4.74 Å². The van der Waals surface area contributed by atoms with Crippen LogP contribution in [-0.2, 0) is 21.6 Å². The van der Waals surface area contributed by atoms with Crippen molar-refractivity contribution in [1.82, 2.24) is 0 Å². The number of hydrogen-bond donors (Lipinski definition) is 1. The fraction of sp³-hybridized carbons (Fsp3) is 0.533. The molecule has 0 aromatic heterocycles. The van der Waals surface area contributed by atoms with Crippen LogP contribution in [0.25, 0.3) is 0 Å². The average molecular weight is 266 g/mol. The highest BCUT2D eigenvalue weighted by atomic mass is 19.1. The fourth-order valence-electron chi connectivity index (χ4n) is 2.80. The van der Waals surface area contributed by atoms with E-state index in [0.717, 1.165) is 0 Å². The van der Waals surface area contributed by atoms with Crippen LogP contribution in [0.1, 0.15) is 37.8 Å². The van der Waals surface area contributed by atoms with Gasteiger partial charge in [0.25, 0.3) is 0 Å². The maximum Gasteiger partial charge on any atom is 0.311 e. The number of ether oxygens (including phenoxy) is 1. The van der Waals surface area contributed by atoms with Gasteiger partial charge in [-0.05, 0) is 50.3 Å². The first-order chi connectivity index (χ1) is 9.00. The SMILES string of the molecule is CCOC(=O)[C@@H](C)[C@@]1(O)CCCc2c(F)cccc21. The number of hydrogen-bond acceptors (Lipinski definition) is 3. The van der Waals surface area contributed by atoms with Crippen molar-refractivity contribution in [2.45, 2.75) is 38.7 Å². The van der Waals surface area contributed by atoms with Crippen molar-refractivity contribution >= 4 is 5.97 Å². The number of aliphatic hydroxyl groups is 1. The third-order valence-electron chi connectivity index (χ3n) is 3.93. The molecule has 2 atom stereocenters. The Morgan fingerprint density at radius 2 is 2.32 bits per heavy atom. The lowest BCUT2D eigenvalue weighted by Crippen LogP contribution is -2.42. The van der Waals surface area contributed by atoms with Crippen LogP contribution in [-0.4, -0.2) is 17.7 Å². The zero-order valence-corrected chi connectivity index (χ0v) is 11.3. The highest BCUT2D eigenvalue weighted by molar-refractivity contribution is 5.74. The second-order valence-corrected chi connectivity index (χ2v) is 5.02. The molecule has 1 aliphatic rings. The molecule has 1 aromatic rings. The van der Waals surface area contributed by atoms with E-state index in [-0.39, 0.29) is 12.4 Å². The lowest BCUT2D eigenvalue weighted by Gasteiger charge is -2.38. The van der Waals surface area contributed by atoms with Crippen LogP contribution in [0.5, 0.6) is 0 Å². The molecule has 19 heavy (non-hydrogen) atoms. The van der Waals surface area contributed by atoms with Crippen LogP contribution in [0.2, 0.25) is 0 Å². The third-order valence-corrected chi connectivity index (χ3v) is 3.93. The molecule has 3 nitrogen and oxygen atoms in total. The molecule has 0 aliphatic heterocycles. The van der Waals surface area contributed by atoms with Crippen LogP contribution < -0.4 is 0 Å². The van der Waals surface area contributed by atoms with Crippen molar-refractivity contribution in [3.63, 3.8) is 0 Å². The molecule has 0 fully saturated rings. The number of rotatable bonds is 3. The Morgan fingerprint density at radius 3 is 3.00 bits per heavy atom. The molecule has 4 heteroatoms. The van der Waals surface area contributed by atoms with Gasteiger partial charge in [0.2, 0.25) is 0 Å². The summed E-state index contributed by atoms with van der Waals surface area (Å²) in [5.74, 6) is -1.46. The number of carbonyl (C=O) groups is 1. The lowest BCUT2D eigenvalue weighted by molar-refractivity contribution is -0.159. The summed E-state index contributed by atoms with van der Waals surface area (Å²) >= 11 is 0. The van der Waals surface area contributed by atoms with Gasteiger partial charge in [0.1, 0.15) is 11.4 Å². The number of carbonyl (C=O) groups excluding carboxylic acids is 1. The van der Waals surface area contributed by atoms with Crippen LogP contribution in [0.15, 0.2) is 18.2 Å². The topological polar surface area (TPSA) is 46.5 Å². The Morgan fingerprint density at radius 1 is 1.58 bits per heavy atom. The minimum atomic E-state index is -1.33. The molecule has 1 aliphatic carbocycles. The molecule has 0 spiro atoms. The predicted octanol–water partition coefficient (Wildman–Crippen LogP) is 2.55. The molecular weight excluding hydrogens is 247 g/mol. The molecule has 0 saturated carbocycles. The summed E-state index contributed by atoms with van der Waals surface area (Å²) in [4.78, 5) is 11.9. The summed E-state index contributed by atoms with van der Waals surface area (Å²) in [5.41, 5.74) is -0.284. The smallest absolute Gasteiger partial charge is 0.311 e. The van der Waals surface area contributed by atoms with E-state index in [1.54, 1.807) is 26.0 Å². The lowest BCUT2D eigenvalue weighted by atomic mass is 9.72. The first-order valence-electron chi connectivity index (χ1n) is 6.67. The molecule has 0 heterocycles. The van der Waals surface area contributed by atoms with Gasteiger partial charge in [0.05, 0.1) is 12.5 Å². The van der Waals surface area contributed by atoms with Crippen molar-refractivity contribution in [2.75, 3.05) is 6.61 Å². The highest BCUT2D eigenvalue weighted by Gasteiger charge is 2.44. The minimum absolute atomic E-state index is 0.273. The molecule has 0 bridgehead atoms. The van der Waals surface area contributed by atoms with Crippen molar-refractivity contribution in [2.24, 2.45) is 5.92 Å². The highest BCUT2D eigenvalue weighted by Crippen LogP contribution is 2.41. The van der Waals surface area contributed by atoms with Gasteiger partial charge in [-0.25, -0.2) is 4.39 Å². The van der Waals surface area contributed by atoms with E-state index in [9.17, 15) is 14.3 Å². The van der Waals surface area contributed by atoms with Gasteiger partial charge in [-0.2, -0.15) is 0 Å². The summed E-state index contributed by atoms with van der Waals surface area (Å²) in [6.07, 6.45) is 1.71. The fourth-order valence-corrected chi connectivity index (χ4v) is 2.80. The standard InChI is InChI=1S/C15H19FO3/c1-3-19-14(17)10(2)15(18)9-5-6-11-12(15)7-4-8-13(11)16/h4,7-8,10,18H,3,5-6,9H2,1-2H3/t10-,15+/m1/s1. The Balaban J connectivity index is 2.41. The van der Waals surface area contributed by atoms with E-state index in [1.807, 2.05) is 0 Å². The molecule has 0 amide bonds. The van der Waals surface area contributed by atoms with E-state index >= 15 is 0 Å². The van der Waals surface area contributed by atoms with Crippen LogP contribution in [0.3, 0.4) is 0 Å². The number of fused-ring (bicyclic) bond motifs is 1. The zero-order valence-electron chi connectivity index (χ0n) is 11.3. The summed E-state index contributed by atoms with van der Waals surface area (Å²) < 4.78 is 18.8. The normalized spacial score (nSPS) is 23.6. The molecule has 2 rings (SSSR count). The van der Waals surface area contributed by atoms with E-state index in [1.165, 1.54) is 6.07 Å². The molecule has 1 N–H and O–H groups in total. The molecule has 0 radical (unpaired) electrons. The van der Waals surface area contributed by atoms with Gasteiger partial charge in [0.15, 0.2) is 0 Å². The van der Waals surface area contributed by atoms with E-state index in [0.29, 0.717) is 30.4 Å². The van der Waals surface area contributed by atoms with Gasteiger partial charge in [-0.3, -0.25) is 4.79 Å². The Kier molecular flexibility index (Phi) is 3.90. The summed E-state index contributed by atoms with van der Waals surface area (Å²) in [6.45, 7) is 3.64. The largest absolute Gasteiger partial charge is 0.466 e. The average Bonchev–Trinajstić information content (AvgIpc) is 2.39. The van der Waals surface area contributed by atoms with Crippen molar-refractivity contribution in [1.29, 1.82) is 0 Å². The molecule has 0 unspecified atom stereocenters. The second kappa shape index (κ2) is 5.29. The molecule has 104 valence electrons. The quantitative estimate of drug-likeness (QED) is 0.855. The zero-order chi connectivity index (χ0) is 14.0. The predicted molar refractivity (Wildman–Crippen MR) is 69.0 cm³/mol. The Labute approximate surface area is 112 Å². The number of halogens is 1. The first kappa shape index (κ1) is 14.0. The summed E-state index contributed by atoms with van der Waals surface area (Å²) in [6, 6.07) is 4.66. The first-order valence-corrected chi connectivity index (χ1v) is 6.67. The number of benzene rings is 1. The summed E-state index contributed by atoms with van der Waals surface area (Å²) in [7, 11) is 0. The van der Waals surface area contributed by atoms with Crippen molar-refractivity contribution < 1.29 is 19.0 Å². The van der Waals surface area contributed by atoms with Gasteiger partial charge in [-0.15, -0.1) is 0 Å². The minimum Gasteiger partial charge on any atom is -0.466 e. The van der Waals surface area contributed by atoms with Gasteiger partial charge in [-0.1, -0.05) is 12.1 Å². The van der Waals surface area contributed by atoms with E-state index in [2.05, 4.69) is 0 Å². The van der Waals surface area contributed by atoms with Crippen molar-refractivity contribution in [3.05, 3.63) is 35.1 Å².